The molecule has 1 aliphatic carbocycles. The van der Waals surface area contributed by atoms with Crippen LogP contribution in [0.2, 0.25) is 0 Å². The zero-order valence-electron chi connectivity index (χ0n) is 6.35. The molecule has 56 valence electrons. The highest BCUT2D eigenvalue weighted by molar-refractivity contribution is 5.23. The van der Waals surface area contributed by atoms with E-state index in [2.05, 4.69) is 16.7 Å². The average molecular weight is 138 g/mol. The number of nitrogens with one attached hydrogen (secondary N) is 2. The van der Waals surface area contributed by atoms with Crippen LogP contribution in [0.3, 0.4) is 0 Å². The Morgan fingerprint density at radius 2 is 2.60 bits per heavy atom. The Labute approximate surface area is 61.7 Å². The average Bonchev–Trinajstić information content (AvgIpc) is 2.42. The molecule has 0 amide bonds. The smallest absolute Gasteiger partial charge is 0.0256 e. The van der Waals surface area contributed by atoms with Crippen LogP contribution in [0.15, 0.2) is 11.6 Å². The van der Waals surface area contributed by atoms with Crippen molar-refractivity contribution in [3.05, 3.63) is 11.6 Å². The topological polar surface area (TPSA) is 24.1 Å². The van der Waals surface area contributed by atoms with E-state index in [1.54, 1.807) is 5.57 Å². The number of hydrogen-bond acceptors (Lipinski definition) is 2. The van der Waals surface area contributed by atoms with Crippen molar-refractivity contribution in [3.8, 4) is 0 Å². The number of hydrogen-bond donors (Lipinski definition) is 2. The lowest BCUT2D eigenvalue weighted by molar-refractivity contribution is 0.544. The van der Waals surface area contributed by atoms with Crippen molar-refractivity contribution in [1.29, 1.82) is 0 Å². The van der Waals surface area contributed by atoms with Gasteiger partial charge in [-0.1, -0.05) is 11.6 Å². The third-order valence-electron chi connectivity index (χ3n) is 2.57. The first-order chi connectivity index (χ1) is 4.90. The van der Waals surface area contributed by atoms with Gasteiger partial charge in [-0.2, -0.15) is 0 Å². The molecule has 2 atom stereocenters. The molecule has 0 aromatic heterocycles. The van der Waals surface area contributed by atoms with Gasteiger partial charge in [0.2, 0.25) is 0 Å². The molecule has 0 aromatic carbocycles. The summed E-state index contributed by atoms with van der Waals surface area (Å²) in [5.74, 6) is 0.845. The first-order valence-corrected chi connectivity index (χ1v) is 3.98. The lowest BCUT2D eigenvalue weighted by Crippen LogP contribution is -2.23. The normalized spacial score (nSPS) is 37.9. The Hall–Kier alpha value is -0.340. The van der Waals surface area contributed by atoms with Crippen molar-refractivity contribution in [2.24, 2.45) is 5.92 Å². The molecule has 2 rings (SSSR count). The van der Waals surface area contributed by atoms with Crippen LogP contribution in [-0.2, 0) is 0 Å². The van der Waals surface area contributed by atoms with Gasteiger partial charge in [-0.15, -0.1) is 0 Å². The fourth-order valence-electron chi connectivity index (χ4n) is 1.93. The van der Waals surface area contributed by atoms with E-state index in [0.717, 1.165) is 12.5 Å². The lowest BCUT2D eigenvalue weighted by atomic mass is 10.1. The van der Waals surface area contributed by atoms with Gasteiger partial charge in [0.25, 0.3) is 0 Å². The highest BCUT2D eigenvalue weighted by Crippen LogP contribution is 2.28. The molecule has 2 nitrogen and oxygen atoms in total. The summed E-state index contributed by atoms with van der Waals surface area (Å²) in [6, 6.07) is 0.655. The molecule has 2 heteroatoms. The summed E-state index contributed by atoms with van der Waals surface area (Å²) in [5, 5.41) is 6.66. The van der Waals surface area contributed by atoms with Crippen molar-refractivity contribution < 1.29 is 0 Å². The van der Waals surface area contributed by atoms with Crippen molar-refractivity contribution in [3.63, 3.8) is 0 Å². The molecule has 1 heterocycles. The Bertz CT molecular complexity index is 163. The molecule has 0 spiro atoms. The summed E-state index contributed by atoms with van der Waals surface area (Å²) < 4.78 is 0. The van der Waals surface area contributed by atoms with E-state index >= 15 is 0 Å². The third kappa shape index (κ3) is 0.879. The van der Waals surface area contributed by atoms with Gasteiger partial charge in [0, 0.05) is 19.1 Å². The fourth-order valence-corrected chi connectivity index (χ4v) is 1.93. The molecule has 0 bridgehead atoms. The zero-order chi connectivity index (χ0) is 6.97. The second kappa shape index (κ2) is 2.36. The number of rotatable bonds is 1. The monoisotopic (exact) mass is 138 g/mol. The van der Waals surface area contributed by atoms with Crippen molar-refractivity contribution >= 4 is 0 Å². The van der Waals surface area contributed by atoms with Crippen LogP contribution in [0.1, 0.15) is 6.42 Å². The molecule has 1 fully saturated rings. The van der Waals surface area contributed by atoms with Crippen LogP contribution in [0, 0.1) is 5.92 Å². The molecule has 1 saturated heterocycles. The van der Waals surface area contributed by atoms with Crippen molar-refractivity contribution in [2.75, 3.05) is 20.1 Å². The third-order valence-corrected chi connectivity index (χ3v) is 2.57. The molecule has 1 aliphatic heterocycles. The largest absolute Gasteiger partial charge is 0.314 e. The van der Waals surface area contributed by atoms with Crippen LogP contribution >= 0.6 is 0 Å². The second-order valence-corrected chi connectivity index (χ2v) is 3.20. The Kier molecular flexibility index (Phi) is 1.51. The highest BCUT2D eigenvalue weighted by atomic mass is 14.9. The Morgan fingerprint density at radius 3 is 3.30 bits per heavy atom. The van der Waals surface area contributed by atoms with Crippen LogP contribution in [0.5, 0.6) is 0 Å². The van der Waals surface area contributed by atoms with Crippen LogP contribution in [0.4, 0.5) is 0 Å². The Balaban J connectivity index is 2.08. The molecule has 10 heavy (non-hydrogen) atoms. The summed E-state index contributed by atoms with van der Waals surface area (Å²) in [4.78, 5) is 0. The molecule has 0 unspecified atom stereocenters. The highest BCUT2D eigenvalue weighted by Gasteiger charge is 2.28. The number of likely N-dealkylation sites (N-methyl/N-ethyl adjacent to an activating group) is 1. The molecule has 0 radical (unpaired) electrons. The van der Waals surface area contributed by atoms with E-state index in [4.69, 9.17) is 0 Å². The van der Waals surface area contributed by atoms with Crippen molar-refractivity contribution in [2.45, 2.75) is 12.5 Å². The van der Waals surface area contributed by atoms with Gasteiger partial charge in [0.15, 0.2) is 0 Å². The van der Waals surface area contributed by atoms with Gasteiger partial charge < -0.3 is 10.6 Å². The standard InChI is InChI=1S/C8H14N2/c1-9-8-2-6-4-10-5-7(6)3-8/h2,7-10H,3-5H2,1H3/t7-,8+/m0/s1. The predicted octanol–water partition coefficient (Wildman–Crippen LogP) is 0.124. The van der Waals surface area contributed by atoms with Gasteiger partial charge in [-0.25, -0.2) is 0 Å². The molecule has 0 aromatic rings. The molecular formula is C8H14N2. The van der Waals surface area contributed by atoms with E-state index < -0.39 is 0 Å². The van der Waals surface area contributed by atoms with E-state index in [1.165, 1.54) is 13.0 Å². The molecule has 2 aliphatic rings. The van der Waals surface area contributed by atoms with Gasteiger partial charge >= 0.3 is 0 Å². The van der Waals surface area contributed by atoms with Gasteiger partial charge in [-0.05, 0) is 19.4 Å². The zero-order valence-corrected chi connectivity index (χ0v) is 6.35. The van der Waals surface area contributed by atoms with Crippen LogP contribution in [0.25, 0.3) is 0 Å². The molecule has 0 saturated carbocycles. The van der Waals surface area contributed by atoms with E-state index in [1.807, 2.05) is 7.05 Å². The minimum absolute atomic E-state index is 0.655. The quantitative estimate of drug-likeness (QED) is 0.503. The maximum atomic E-state index is 3.37. The van der Waals surface area contributed by atoms with Gasteiger partial charge in [0.05, 0.1) is 0 Å². The molecule has 2 N–H and O–H groups in total. The maximum Gasteiger partial charge on any atom is 0.0256 e. The molecular weight excluding hydrogens is 124 g/mol. The summed E-state index contributed by atoms with van der Waals surface area (Å²) in [6.07, 6.45) is 3.68. The van der Waals surface area contributed by atoms with Crippen LogP contribution < -0.4 is 10.6 Å². The summed E-state index contributed by atoms with van der Waals surface area (Å²) in [5.41, 5.74) is 1.62. The summed E-state index contributed by atoms with van der Waals surface area (Å²) in [6.45, 7) is 2.33. The minimum atomic E-state index is 0.655. The maximum absolute atomic E-state index is 3.37. The SMILES string of the molecule is CN[C@@H]1C=C2CNC[C@@H]2C1. The second-order valence-electron chi connectivity index (χ2n) is 3.20. The van der Waals surface area contributed by atoms with E-state index in [-0.39, 0.29) is 0 Å². The number of fused-ring (bicyclic) bond motifs is 1. The predicted molar refractivity (Wildman–Crippen MR) is 41.9 cm³/mol. The van der Waals surface area contributed by atoms with Crippen LogP contribution in [-0.4, -0.2) is 26.2 Å². The van der Waals surface area contributed by atoms with E-state index in [9.17, 15) is 0 Å². The van der Waals surface area contributed by atoms with Gasteiger partial charge in [-0.3, -0.25) is 0 Å². The summed E-state index contributed by atoms with van der Waals surface area (Å²) in [7, 11) is 2.04. The minimum Gasteiger partial charge on any atom is -0.314 e. The lowest BCUT2D eigenvalue weighted by Gasteiger charge is -2.07. The van der Waals surface area contributed by atoms with E-state index in [0.29, 0.717) is 6.04 Å². The first-order valence-electron chi connectivity index (χ1n) is 3.98. The fraction of sp³-hybridized carbons (Fsp3) is 0.750. The Morgan fingerprint density at radius 1 is 1.70 bits per heavy atom. The van der Waals surface area contributed by atoms with Gasteiger partial charge in [0.1, 0.15) is 0 Å². The van der Waals surface area contributed by atoms with Crippen molar-refractivity contribution in [1.82, 2.24) is 10.6 Å². The summed E-state index contributed by atoms with van der Waals surface area (Å²) >= 11 is 0. The first kappa shape index (κ1) is 6.38.